The summed E-state index contributed by atoms with van der Waals surface area (Å²) >= 11 is 2.01. The van der Waals surface area contributed by atoms with Gasteiger partial charge in [0.15, 0.2) is 0 Å². The van der Waals surface area contributed by atoms with Gasteiger partial charge in [0, 0.05) is 10.9 Å². The van der Waals surface area contributed by atoms with E-state index in [0.29, 0.717) is 0 Å². The summed E-state index contributed by atoms with van der Waals surface area (Å²) in [6.07, 6.45) is 21.8. The van der Waals surface area contributed by atoms with Crippen molar-refractivity contribution in [3.05, 3.63) is 62.9 Å². The summed E-state index contributed by atoms with van der Waals surface area (Å²) < 4.78 is 0. The van der Waals surface area contributed by atoms with Crippen molar-refractivity contribution in [2.45, 2.75) is 64.0 Å². The van der Waals surface area contributed by atoms with Gasteiger partial charge in [0.25, 0.3) is 0 Å². The molecule has 2 aliphatic rings. The average Bonchev–Trinajstić information content (AvgIpc) is 3.19. The Morgan fingerprint density at radius 3 is 1.75 bits per heavy atom. The molecule has 0 N–H and O–H groups in total. The fraction of sp³-hybridized carbons (Fsp3) is 0.524. The van der Waals surface area contributed by atoms with E-state index in [4.69, 9.17) is 0 Å². The summed E-state index contributed by atoms with van der Waals surface area (Å²) in [4.78, 5) is 0. The molecule has 0 saturated heterocycles. The van der Waals surface area contributed by atoms with Gasteiger partial charge in [-0.2, -0.15) is 11.8 Å². The number of hydrogen-bond donors (Lipinski definition) is 0. The minimum absolute atomic E-state index is 0. The van der Waals surface area contributed by atoms with E-state index < -0.39 is 0 Å². The Balaban J connectivity index is 0.000000751. The van der Waals surface area contributed by atoms with E-state index in [-0.39, 0.29) is 25.0 Å². The minimum atomic E-state index is -0.00740. The maximum absolute atomic E-state index is 2.38. The molecule has 3 heteroatoms. The van der Waals surface area contributed by atoms with Gasteiger partial charge in [0.05, 0.1) is 0 Å². The Morgan fingerprint density at radius 1 is 0.875 bits per heavy atom. The molecule has 1 atom stereocenters. The third-order valence-corrected chi connectivity index (χ3v) is 8.45. The maximum atomic E-state index is 2.38. The molecule has 0 aliphatic heterocycles. The fourth-order valence-corrected chi connectivity index (χ4v) is 6.73. The molecule has 0 spiro atoms. The first-order valence-electron chi connectivity index (χ1n) is 8.73. The molecule has 2 fully saturated rings. The van der Waals surface area contributed by atoms with Crippen LogP contribution in [0.15, 0.2) is 0 Å². The largest absolute Gasteiger partial charge is 2.00 e. The molecule has 0 nitrogen and oxygen atoms in total. The van der Waals surface area contributed by atoms with Crippen molar-refractivity contribution in [2.24, 2.45) is 0 Å². The number of hydrogen-bond acceptors (Lipinski definition) is 1. The molecule has 0 aromatic carbocycles. The molecule has 0 heterocycles. The summed E-state index contributed by atoms with van der Waals surface area (Å²) in [7, 11) is -0.00740. The second kappa shape index (κ2) is 14.4. The predicted octanol–water partition coefficient (Wildman–Crippen LogP) is 6.57. The Bertz CT molecular complexity index is 272. The first kappa shape index (κ1) is 25.3. The maximum Gasteiger partial charge on any atom is 2.00 e. The zero-order valence-corrected chi connectivity index (χ0v) is 18.8. The molecular formula is C21H33FePS+2. The molecule has 134 valence electrons. The summed E-state index contributed by atoms with van der Waals surface area (Å²) in [6, 6.07) is 0. The van der Waals surface area contributed by atoms with E-state index >= 15 is 0 Å². The minimum Gasteiger partial charge on any atom is -0.162 e. The second-order valence-corrected chi connectivity index (χ2v) is 11.0. The summed E-state index contributed by atoms with van der Waals surface area (Å²) in [5.41, 5.74) is 3.24. The van der Waals surface area contributed by atoms with Gasteiger partial charge in [0.1, 0.15) is 0 Å². The monoisotopic (exact) mass is 404 g/mol. The van der Waals surface area contributed by atoms with Gasteiger partial charge in [-0.25, -0.2) is 0 Å². The zero-order chi connectivity index (χ0) is 17.2. The average molecular weight is 404 g/mol. The molecule has 0 aromatic heterocycles. The van der Waals surface area contributed by atoms with E-state index in [9.17, 15) is 0 Å². The van der Waals surface area contributed by atoms with E-state index in [1.807, 2.05) is 43.9 Å². The third-order valence-electron chi connectivity index (χ3n) is 4.06. The molecular weight excluding hydrogens is 371 g/mol. The van der Waals surface area contributed by atoms with Crippen molar-refractivity contribution >= 4 is 19.7 Å². The van der Waals surface area contributed by atoms with Crippen LogP contribution in [-0.2, 0) is 17.1 Å². The summed E-state index contributed by atoms with van der Waals surface area (Å²) in [6.45, 7) is 11.8. The third kappa shape index (κ3) is 8.79. The van der Waals surface area contributed by atoms with Crippen LogP contribution in [0.5, 0.6) is 0 Å². The Morgan fingerprint density at radius 2 is 1.38 bits per heavy atom. The van der Waals surface area contributed by atoms with Crippen molar-refractivity contribution in [2.75, 3.05) is 6.26 Å². The first-order valence-corrected chi connectivity index (χ1v) is 11.5. The normalized spacial score (nSPS) is 20.4. The zero-order valence-electron chi connectivity index (χ0n) is 16.0. The molecule has 0 unspecified atom stereocenters. The van der Waals surface area contributed by atoms with Gasteiger partial charge in [0.2, 0.25) is 0 Å². The summed E-state index contributed by atoms with van der Waals surface area (Å²) in [5, 5.41) is 0.780. The van der Waals surface area contributed by atoms with Crippen LogP contribution in [0.25, 0.3) is 0 Å². The first-order chi connectivity index (χ1) is 11.0. The molecule has 2 aliphatic carbocycles. The second-order valence-electron chi connectivity index (χ2n) is 6.46. The molecule has 0 amide bonds. The topological polar surface area (TPSA) is 0 Å². The molecule has 0 aromatic rings. The van der Waals surface area contributed by atoms with Crippen LogP contribution in [0.2, 0.25) is 0 Å². The van der Waals surface area contributed by atoms with Crippen molar-refractivity contribution in [3.8, 4) is 0 Å². The van der Waals surface area contributed by atoms with Crippen LogP contribution in [0.1, 0.15) is 47.5 Å². The van der Waals surface area contributed by atoms with Crippen LogP contribution in [0.4, 0.5) is 0 Å². The van der Waals surface area contributed by atoms with E-state index in [1.165, 1.54) is 12.8 Å². The van der Waals surface area contributed by atoms with E-state index in [1.54, 1.807) is 11.6 Å². The standard InChI is InChI=1S/C16H28PS.C5H5.Fe/c1-7-15(18-6)11-14-9-8-10-16(14)17(12(2)3)13(4)5;1-2-4-5-3-1;/h8-10,12-13,15H,7,11H2,1-6H3;1-5H;/q;;+2/t15-;;/m1../s1. The molecule has 2 rings (SSSR count). The summed E-state index contributed by atoms with van der Waals surface area (Å²) in [5.74, 6) is 1.62. The van der Waals surface area contributed by atoms with Crippen LogP contribution in [0.3, 0.4) is 0 Å². The SMILES string of the molecule is CC[C@H](C[C]1[CH][CH][CH][C]1P(C(C)C)C(C)C)SC.[CH]1[CH][CH][CH][CH]1.[Fe+2]. The van der Waals surface area contributed by atoms with Crippen molar-refractivity contribution in [1.29, 1.82) is 0 Å². The van der Waals surface area contributed by atoms with Gasteiger partial charge in [-0.3, -0.25) is 0 Å². The predicted molar refractivity (Wildman–Crippen MR) is 110 cm³/mol. The smallest absolute Gasteiger partial charge is 0.162 e. The van der Waals surface area contributed by atoms with Crippen LogP contribution in [-0.4, -0.2) is 22.8 Å². The molecule has 10 radical (unpaired) electrons. The van der Waals surface area contributed by atoms with Gasteiger partial charge >= 0.3 is 17.1 Å². The fourth-order valence-electron chi connectivity index (χ4n) is 2.99. The van der Waals surface area contributed by atoms with Gasteiger partial charge in [-0.1, -0.05) is 42.5 Å². The van der Waals surface area contributed by atoms with Crippen molar-refractivity contribution in [1.82, 2.24) is 0 Å². The van der Waals surface area contributed by atoms with Crippen LogP contribution in [0, 0.1) is 62.9 Å². The number of rotatable bonds is 7. The van der Waals surface area contributed by atoms with E-state index in [2.05, 4.69) is 60.1 Å². The van der Waals surface area contributed by atoms with Crippen molar-refractivity contribution in [3.63, 3.8) is 0 Å². The Labute approximate surface area is 169 Å². The quantitative estimate of drug-likeness (QED) is 0.342. The number of thioether (sulfide) groups is 1. The van der Waals surface area contributed by atoms with Crippen LogP contribution >= 0.6 is 19.7 Å². The van der Waals surface area contributed by atoms with Crippen molar-refractivity contribution < 1.29 is 17.1 Å². The molecule has 24 heavy (non-hydrogen) atoms. The van der Waals surface area contributed by atoms with Gasteiger partial charge in [-0.05, 0) is 87.7 Å². The van der Waals surface area contributed by atoms with Gasteiger partial charge < -0.3 is 0 Å². The van der Waals surface area contributed by atoms with Gasteiger partial charge in [-0.15, -0.1) is 0 Å². The Hall–Kier alpha value is 1.30. The molecule has 2 saturated carbocycles. The molecule has 0 bridgehead atoms. The van der Waals surface area contributed by atoms with Crippen LogP contribution < -0.4 is 0 Å². The van der Waals surface area contributed by atoms with E-state index in [0.717, 1.165) is 16.6 Å². The Kier molecular flexibility index (Phi) is 15.1.